The van der Waals surface area contributed by atoms with E-state index in [1.54, 1.807) is 0 Å². The van der Waals surface area contributed by atoms with Gasteiger partial charge >= 0.3 is 5.97 Å². The molecule has 0 spiro atoms. The lowest BCUT2D eigenvalue weighted by Crippen LogP contribution is -2.55. The molecule has 0 amide bonds. The highest BCUT2D eigenvalue weighted by molar-refractivity contribution is 6.16. The van der Waals surface area contributed by atoms with Crippen molar-refractivity contribution in [2.45, 2.75) is 5.66 Å². The van der Waals surface area contributed by atoms with Crippen molar-refractivity contribution < 1.29 is 14.3 Å². The molecule has 0 aromatic carbocycles. The molecule has 2 rings (SSSR count). The van der Waals surface area contributed by atoms with Crippen molar-refractivity contribution in [1.82, 2.24) is 0 Å². The van der Waals surface area contributed by atoms with E-state index in [1.807, 2.05) is 0 Å². The minimum atomic E-state index is -2.14. The molecule has 106 valence electrons. The Hall–Kier alpha value is -2.85. The Morgan fingerprint density at radius 3 is 1.70 bits per heavy atom. The van der Waals surface area contributed by atoms with Crippen LogP contribution in [0.3, 0.4) is 0 Å². The number of hydrogen-bond donors (Lipinski definition) is 7. The standard InChI is InChI=1S/C10H13N7O3/c11-3-1(4(12)6(14)7(18)5(3)13)2-8(15)20-9(19)10(2,16)17/h15H,11-14,16-17H2. The summed E-state index contributed by atoms with van der Waals surface area (Å²) >= 11 is 0. The zero-order chi connectivity index (χ0) is 15.4. The first-order valence-corrected chi connectivity index (χ1v) is 5.30. The SMILES string of the molecule is N=C1OC(=O)C(N)(N)C1=C1C(N)=C(N)C(=O)C(N)=C1N. The minimum Gasteiger partial charge on any atom is -0.405 e. The lowest BCUT2D eigenvalue weighted by Gasteiger charge is -2.23. The first kappa shape index (κ1) is 13.6. The summed E-state index contributed by atoms with van der Waals surface area (Å²) in [5.41, 5.74) is 29.9. The Bertz CT molecular complexity index is 638. The van der Waals surface area contributed by atoms with Crippen molar-refractivity contribution in [2.75, 3.05) is 0 Å². The molecular weight excluding hydrogens is 266 g/mol. The average Bonchev–Trinajstić information content (AvgIpc) is 2.56. The third-order valence-corrected chi connectivity index (χ3v) is 3.03. The van der Waals surface area contributed by atoms with E-state index < -0.39 is 23.3 Å². The van der Waals surface area contributed by atoms with Gasteiger partial charge in [0.05, 0.1) is 17.0 Å². The molecule has 13 N–H and O–H groups in total. The number of nitrogens with one attached hydrogen (secondary N) is 1. The molecule has 20 heavy (non-hydrogen) atoms. The molecule has 0 aromatic rings. The zero-order valence-electron chi connectivity index (χ0n) is 10.2. The second-order valence-corrected chi connectivity index (χ2v) is 4.32. The van der Waals surface area contributed by atoms with Crippen molar-refractivity contribution in [3.8, 4) is 0 Å². The van der Waals surface area contributed by atoms with E-state index in [2.05, 4.69) is 4.74 Å². The summed E-state index contributed by atoms with van der Waals surface area (Å²) in [6, 6.07) is 0. The number of hydrogen-bond acceptors (Lipinski definition) is 10. The van der Waals surface area contributed by atoms with Crippen molar-refractivity contribution >= 4 is 17.7 Å². The molecule has 1 aliphatic heterocycles. The van der Waals surface area contributed by atoms with E-state index in [-0.39, 0.29) is 33.9 Å². The fraction of sp³-hybridized carbons (Fsp3) is 0.100. The highest BCUT2D eigenvalue weighted by Gasteiger charge is 2.49. The molecule has 1 aliphatic carbocycles. The van der Waals surface area contributed by atoms with Crippen molar-refractivity contribution in [3.63, 3.8) is 0 Å². The number of cyclic esters (lactones) is 1. The lowest BCUT2D eigenvalue weighted by molar-refractivity contribution is -0.137. The average molecular weight is 279 g/mol. The van der Waals surface area contributed by atoms with Gasteiger partial charge in [0.2, 0.25) is 11.7 Å². The molecule has 2 aliphatic rings. The van der Waals surface area contributed by atoms with Crippen molar-refractivity contribution in [3.05, 3.63) is 33.9 Å². The smallest absolute Gasteiger partial charge is 0.352 e. The molecule has 10 heteroatoms. The summed E-state index contributed by atoms with van der Waals surface area (Å²) in [5, 5.41) is 7.61. The van der Waals surface area contributed by atoms with Crippen LogP contribution in [0, 0.1) is 5.41 Å². The van der Waals surface area contributed by atoms with Gasteiger partial charge in [0.15, 0.2) is 5.66 Å². The van der Waals surface area contributed by atoms with Crippen LogP contribution in [0.4, 0.5) is 0 Å². The monoisotopic (exact) mass is 279 g/mol. The molecule has 1 saturated heterocycles. The van der Waals surface area contributed by atoms with Gasteiger partial charge in [-0.05, 0) is 0 Å². The normalized spacial score (nSPS) is 22.8. The zero-order valence-corrected chi connectivity index (χ0v) is 10.2. The molecule has 0 radical (unpaired) electrons. The van der Waals surface area contributed by atoms with Crippen LogP contribution in [0.2, 0.25) is 0 Å². The second kappa shape index (κ2) is 3.82. The third kappa shape index (κ3) is 1.49. The van der Waals surface area contributed by atoms with Crippen LogP contribution in [0.25, 0.3) is 0 Å². The summed E-state index contributed by atoms with van der Waals surface area (Å²) in [7, 11) is 0. The van der Waals surface area contributed by atoms with Crippen LogP contribution < -0.4 is 34.4 Å². The van der Waals surface area contributed by atoms with Crippen LogP contribution in [-0.4, -0.2) is 23.3 Å². The van der Waals surface area contributed by atoms with Crippen LogP contribution in [-0.2, 0) is 14.3 Å². The number of nitrogens with two attached hydrogens (primary N) is 6. The number of esters is 1. The molecule has 0 bridgehead atoms. The van der Waals surface area contributed by atoms with Gasteiger partial charge in [-0.15, -0.1) is 0 Å². The lowest BCUT2D eigenvalue weighted by atomic mass is 9.88. The van der Waals surface area contributed by atoms with Gasteiger partial charge in [-0.2, -0.15) is 0 Å². The molecule has 0 unspecified atom stereocenters. The maximum atomic E-state index is 11.7. The van der Waals surface area contributed by atoms with E-state index in [4.69, 9.17) is 39.8 Å². The van der Waals surface area contributed by atoms with E-state index in [0.29, 0.717) is 0 Å². The van der Waals surface area contributed by atoms with E-state index >= 15 is 0 Å². The maximum absolute atomic E-state index is 11.7. The van der Waals surface area contributed by atoms with E-state index in [9.17, 15) is 9.59 Å². The summed E-state index contributed by atoms with van der Waals surface area (Å²) in [4.78, 5) is 23.2. The topological polar surface area (TPSA) is 223 Å². The summed E-state index contributed by atoms with van der Waals surface area (Å²) in [6.07, 6.45) is 0. The van der Waals surface area contributed by atoms with Gasteiger partial charge in [-0.1, -0.05) is 0 Å². The van der Waals surface area contributed by atoms with Crippen LogP contribution in [0.5, 0.6) is 0 Å². The Morgan fingerprint density at radius 1 is 0.900 bits per heavy atom. The first-order chi connectivity index (χ1) is 9.10. The van der Waals surface area contributed by atoms with Gasteiger partial charge in [-0.25, -0.2) is 4.79 Å². The minimum absolute atomic E-state index is 0.138. The molecule has 1 fully saturated rings. The largest absolute Gasteiger partial charge is 0.405 e. The van der Waals surface area contributed by atoms with Crippen LogP contribution >= 0.6 is 0 Å². The summed E-state index contributed by atoms with van der Waals surface area (Å²) in [5.74, 6) is -2.43. The third-order valence-electron chi connectivity index (χ3n) is 3.03. The number of ketones is 1. The first-order valence-electron chi connectivity index (χ1n) is 5.30. The molecule has 0 saturated carbocycles. The highest BCUT2D eigenvalue weighted by atomic mass is 16.6. The molecular formula is C10H13N7O3. The number of ether oxygens (including phenoxy) is 1. The van der Waals surface area contributed by atoms with Crippen molar-refractivity contribution in [1.29, 1.82) is 5.41 Å². The van der Waals surface area contributed by atoms with Crippen LogP contribution in [0.1, 0.15) is 0 Å². The predicted molar refractivity (Wildman–Crippen MR) is 67.8 cm³/mol. The Kier molecular flexibility index (Phi) is 2.59. The van der Waals surface area contributed by atoms with Crippen molar-refractivity contribution in [2.24, 2.45) is 34.4 Å². The molecule has 0 atom stereocenters. The summed E-state index contributed by atoms with van der Waals surface area (Å²) < 4.78 is 4.55. The number of carbonyl (C=O) groups excluding carboxylic acids is 2. The maximum Gasteiger partial charge on any atom is 0.352 e. The van der Waals surface area contributed by atoms with E-state index in [1.165, 1.54) is 0 Å². The molecule has 0 aromatic heterocycles. The van der Waals surface area contributed by atoms with Gasteiger partial charge in [0, 0.05) is 5.57 Å². The highest BCUT2D eigenvalue weighted by Crippen LogP contribution is 2.32. The fourth-order valence-electron chi connectivity index (χ4n) is 1.91. The Balaban J connectivity index is 2.85. The van der Waals surface area contributed by atoms with Gasteiger partial charge in [0.1, 0.15) is 11.4 Å². The van der Waals surface area contributed by atoms with E-state index in [0.717, 1.165) is 0 Å². The fourth-order valence-corrected chi connectivity index (χ4v) is 1.91. The summed E-state index contributed by atoms with van der Waals surface area (Å²) in [6.45, 7) is 0. The van der Waals surface area contributed by atoms with Gasteiger partial charge in [0.25, 0.3) is 0 Å². The number of rotatable bonds is 0. The van der Waals surface area contributed by atoms with Gasteiger partial charge < -0.3 is 27.7 Å². The predicted octanol–water partition coefficient (Wildman–Crippen LogP) is -3.73. The Labute approximate surface area is 112 Å². The molecule has 10 nitrogen and oxygen atoms in total. The number of Topliss-reactive ketones (excluding diaryl/α,β-unsaturated/α-hetero) is 1. The van der Waals surface area contributed by atoms with Crippen LogP contribution in [0.15, 0.2) is 33.9 Å². The molecule has 1 heterocycles. The quantitative estimate of drug-likeness (QED) is 0.170. The van der Waals surface area contributed by atoms with Gasteiger partial charge in [-0.3, -0.25) is 21.7 Å². The Morgan fingerprint density at radius 2 is 1.35 bits per heavy atom. The number of carbonyl (C=O) groups is 2. The second-order valence-electron chi connectivity index (χ2n) is 4.32.